The van der Waals surface area contributed by atoms with Gasteiger partial charge in [0.05, 0.1) is 10.8 Å². The van der Waals surface area contributed by atoms with E-state index in [4.69, 9.17) is 24.7 Å². The number of ether oxygens (including phenoxy) is 4. The molecular formula is C28H43NO8. The van der Waals surface area contributed by atoms with Crippen LogP contribution in [0.1, 0.15) is 86.6 Å². The second-order valence-electron chi connectivity index (χ2n) is 10.5. The molecule has 0 aliphatic carbocycles. The highest BCUT2D eigenvalue weighted by molar-refractivity contribution is 5.81. The molecule has 1 aromatic rings. The zero-order valence-corrected chi connectivity index (χ0v) is 23.5. The van der Waals surface area contributed by atoms with Gasteiger partial charge in [-0.05, 0) is 78.0 Å². The maximum Gasteiger partial charge on any atom is 0.323 e. The zero-order chi connectivity index (χ0) is 28.4. The summed E-state index contributed by atoms with van der Waals surface area (Å²) in [4.78, 5) is 49.4. The first-order chi connectivity index (χ1) is 17.2. The van der Waals surface area contributed by atoms with Crippen molar-refractivity contribution in [1.82, 2.24) is 0 Å². The Morgan fingerprint density at radius 3 is 1.95 bits per heavy atom. The minimum atomic E-state index is -1.01. The van der Waals surface area contributed by atoms with Crippen LogP contribution in [0, 0.1) is 10.8 Å². The van der Waals surface area contributed by atoms with Crippen LogP contribution in [0.2, 0.25) is 0 Å². The Morgan fingerprint density at radius 2 is 1.43 bits per heavy atom. The molecule has 0 bridgehead atoms. The van der Waals surface area contributed by atoms with E-state index in [0.29, 0.717) is 31.2 Å². The summed E-state index contributed by atoms with van der Waals surface area (Å²) in [5, 5.41) is 0. The molecule has 208 valence electrons. The van der Waals surface area contributed by atoms with Crippen LogP contribution in [0.4, 0.5) is 0 Å². The lowest BCUT2D eigenvalue weighted by Crippen LogP contribution is -2.36. The standard InChI is InChI=1S/C28H43NO8/c1-9-12-23(30)35-18(4)17-34-24(31)20(29)15-19-13-14-21(36-25(32)27(5,6)10-2)22(16-19)37-26(33)28(7,8)11-3/h13-14,16,18,20H,9-12,15,17,29H2,1-8H3/t18-,20-/m0/s1. The van der Waals surface area contributed by atoms with Gasteiger partial charge in [0.1, 0.15) is 18.8 Å². The summed E-state index contributed by atoms with van der Waals surface area (Å²) in [6.45, 7) is 14.2. The molecule has 0 amide bonds. The minimum Gasteiger partial charge on any atom is -0.461 e. The van der Waals surface area contributed by atoms with Crippen molar-refractivity contribution < 1.29 is 38.1 Å². The molecule has 9 heteroatoms. The molecule has 0 radical (unpaired) electrons. The number of hydrogen-bond donors (Lipinski definition) is 1. The molecule has 0 spiro atoms. The van der Waals surface area contributed by atoms with Gasteiger partial charge in [0, 0.05) is 6.42 Å². The van der Waals surface area contributed by atoms with E-state index in [-0.39, 0.29) is 30.5 Å². The molecule has 0 fully saturated rings. The van der Waals surface area contributed by atoms with Crippen molar-refractivity contribution in [2.75, 3.05) is 6.61 Å². The van der Waals surface area contributed by atoms with Crippen LogP contribution in [0.15, 0.2) is 18.2 Å². The first-order valence-corrected chi connectivity index (χ1v) is 12.9. The van der Waals surface area contributed by atoms with Crippen molar-refractivity contribution in [2.24, 2.45) is 16.6 Å². The molecule has 0 heterocycles. The van der Waals surface area contributed by atoms with Gasteiger partial charge in [0.15, 0.2) is 11.5 Å². The monoisotopic (exact) mass is 521 g/mol. The molecular weight excluding hydrogens is 478 g/mol. The van der Waals surface area contributed by atoms with E-state index in [1.54, 1.807) is 40.7 Å². The van der Waals surface area contributed by atoms with Gasteiger partial charge in [-0.2, -0.15) is 0 Å². The number of esters is 4. The average molecular weight is 522 g/mol. The zero-order valence-electron chi connectivity index (χ0n) is 23.5. The lowest BCUT2D eigenvalue weighted by molar-refractivity contribution is -0.158. The number of benzene rings is 1. The van der Waals surface area contributed by atoms with Crippen LogP contribution >= 0.6 is 0 Å². The molecule has 1 aromatic carbocycles. The Bertz CT molecular complexity index is 954. The fourth-order valence-corrected chi connectivity index (χ4v) is 2.77. The molecule has 0 unspecified atom stereocenters. The summed E-state index contributed by atoms with van der Waals surface area (Å²) in [5.74, 6) is -1.77. The van der Waals surface area contributed by atoms with Gasteiger partial charge in [-0.25, -0.2) is 0 Å². The molecule has 2 atom stereocenters. The molecule has 1 rings (SSSR count). The smallest absolute Gasteiger partial charge is 0.323 e. The van der Waals surface area contributed by atoms with E-state index >= 15 is 0 Å². The first-order valence-electron chi connectivity index (χ1n) is 12.9. The van der Waals surface area contributed by atoms with E-state index in [9.17, 15) is 19.2 Å². The average Bonchev–Trinajstić information content (AvgIpc) is 2.83. The van der Waals surface area contributed by atoms with Gasteiger partial charge in [-0.1, -0.05) is 26.8 Å². The number of rotatable bonds is 14. The Hall–Kier alpha value is -2.94. The van der Waals surface area contributed by atoms with Crippen molar-refractivity contribution in [3.8, 4) is 11.5 Å². The Balaban J connectivity index is 3.02. The van der Waals surface area contributed by atoms with Crippen LogP contribution in [-0.4, -0.2) is 42.6 Å². The summed E-state index contributed by atoms with van der Waals surface area (Å²) in [7, 11) is 0. The highest BCUT2D eigenvalue weighted by Crippen LogP contribution is 2.34. The second kappa shape index (κ2) is 14.1. The van der Waals surface area contributed by atoms with Gasteiger partial charge >= 0.3 is 23.9 Å². The number of carbonyl (C=O) groups excluding carboxylic acids is 4. The third-order valence-corrected chi connectivity index (χ3v) is 6.29. The number of hydrogen-bond acceptors (Lipinski definition) is 9. The summed E-state index contributed by atoms with van der Waals surface area (Å²) >= 11 is 0. The predicted octanol–water partition coefficient (Wildman–Crippen LogP) is 4.51. The normalized spacial score (nSPS) is 13.3. The van der Waals surface area contributed by atoms with E-state index in [0.717, 1.165) is 0 Å². The summed E-state index contributed by atoms with van der Waals surface area (Å²) in [5.41, 5.74) is 5.15. The van der Waals surface area contributed by atoms with Crippen LogP contribution in [0.5, 0.6) is 11.5 Å². The second-order valence-corrected chi connectivity index (χ2v) is 10.5. The highest BCUT2D eigenvalue weighted by Gasteiger charge is 2.31. The van der Waals surface area contributed by atoms with Gasteiger partial charge in [-0.3, -0.25) is 19.2 Å². The fraction of sp³-hybridized carbons (Fsp3) is 0.643. The lowest BCUT2D eigenvalue weighted by Gasteiger charge is -2.23. The van der Waals surface area contributed by atoms with Gasteiger partial charge < -0.3 is 24.7 Å². The third-order valence-electron chi connectivity index (χ3n) is 6.29. The molecule has 0 aliphatic rings. The summed E-state index contributed by atoms with van der Waals surface area (Å²) in [6.07, 6.45) is 1.56. The summed E-state index contributed by atoms with van der Waals surface area (Å²) in [6, 6.07) is 3.69. The first kappa shape index (κ1) is 32.1. The summed E-state index contributed by atoms with van der Waals surface area (Å²) < 4.78 is 21.6. The Kier molecular flexibility index (Phi) is 12.2. The van der Waals surface area contributed by atoms with Crippen LogP contribution in [0.3, 0.4) is 0 Å². The van der Waals surface area contributed by atoms with Crippen LogP contribution < -0.4 is 15.2 Å². The molecule has 0 aliphatic heterocycles. The predicted molar refractivity (Wildman–Crippen MR) is 139 cm³/mol. The van der Waals surface area contributed by atoms with Crippen molar-refractivity contribution >= 4 is 23.9 Å². The SMILES string of the molecule is CCCC(=O)O[C@@H](C)COC(=O)[C@@H](N)Cc1ccc(OC(=O)C(C)(C)CC)c(OC(=O)C(C)(C)CC)c1. The van der Waals surface area contributed by atoms with Crippen molar-refractivity contribution in [1.29, 1.82) is 0 Å². The molecule has 0 saturated heterocycles. The fourth-order valence-electron chi connectivity index (χ4n) is 2.77. The molecule has 37 heavy (non-hydrogen) atoms. The Labute approximate surface area is 220 Å². The van der Waals surface area contributed by atoms with Gasteiger partial charge in [-0.15, -0.1) is 0 Å². The topological polar surface area (TPSA) is 131 Å². The minimum absolute atomic E-state index is 0.0707. The lowest BCUT2D eigenvalue weighted by atomic mass is 9.90. The molecule has 0 aromatic heterocycles. The van der Waals surface area contributed by atoms with Crippen molar-refractivity contribution in [3.05, 3.63) is 23.8 Å². The van der Waals surface area contributed by atoms with Gasteiger partial charge in [0.25, 0.3) is 0 Å². The van der Waals surface area contributed by atoms with Crippen LogP contribution in [-0.2, 0) is 35.1 Å². The highest BCUT2D eigenvalue weighted by atomic mass is 16.6. The molecule has 9 nitrogen and oxygen atoms in total. The number of nitrogens with two attached hydrogens (primary N) is 1. The maximum atomic E-state index is 12.8. The van der Waals surface area contributed by atoms with Gasteiger partial charge in [0.2, 0.25) is 0 Å². The maximum absolute atomic E-state index is 12.8. The third kappa shape index (κ3) is 10.1. The van der Waals surface area contributed by atoms with E-state index in [1.807, 2.05) is 20.8 Å². The molecule has 0 saturated carbocycles. The van der Waals surface area contributed by atoms with E-state index in [2.05, 4.69) is 0 Å². The van der Waals surface area contributed by atoms with Crippen molar-refractivity contribution in [3.63, 3.8) is 0 Å². The van der Waals surface area contributed by atoms with Crippen molar-refractivity contribution in [2.45, 2.75) is 99.6 Å². The van der Waals surface area contributed by atoms with E-state index in [1.165, 1.54) is 12.1 Å². The van der Waals surface area contributed by atoms with Crippen LogP contribution in [0.25, 0.3) is 0 Å². The number of carbonyl (C=O) groups is 4. The molecule has 2 N–H and O–H groups in total. The Morgan fingerprint density at radius 1 is 0.892 bits per heavy atom. The quantitative estimate of drug-likeness (QED) is 0.277. The largest absolute Gasteiger partial charge is 0.461 e. The van der Waals surface area contributed by atoms with E-state index < -0.39 is 40.9 Å².